The summed E-state index contributed by atoms with van der Waals surface area (Å²) in [5.74, 6) is -2.79. The molecule has 0 saturated heterocycles. The molecule has 0 aliphatic heterocycles. The molecule has 0 heterocycles. The second-order valence-electron chi connectivity index (χ2n) is 5.51. The first-order valence-corrected chi connectivity index (χ1v) is 6.62. The number of hydrogen-bond acceptors (Lipinski definition) is 6. The molecule has 0 aromatic heterocycles. The van der Waals surface area contributed by atoms with Crippen LogP contribution in [0.5, 0.6) is 23.0 Å². The Hall–Kier alpha value is -3.02. The Labute approximate surface area is 123 Å². The fourth-order valence-electron chi connectivity index (χ4n) is 3.34. The molecular weight excluding hydrogens is 288 g/mol. The average Bonchev–Trinajstić information content (AvgIpc) is 2.44. The number of Topliss-reactive ketones (excluding diaryl/α,β-unsaturated/α-hetero) is 2. The van der Waals surface area contributed by atoms with Crippen molar-refractivity contribution in [2.24, 2.45) is 0 Å². The summed E-state index contributed by atoms with van der Waals surface area (Å²) in [5.41, 5.74) is 1.46. The second-order valence-corrected chi connectivity index (χ2v) is 5.51. The van der Waals surface area contributed by atoms with Crippen molar-refractivity contribution in [1.29, 1.82) is 0 Å². The standard InChI is InChI=1S/C16H10O6/c17-7-1-5-3-9(19)16(22)14-8(18)2-6-4-10(20)15(21)13(7)12(6)11(5)14/h3-4,19-22H,1-2H2. The second kappa shape index (κ2) is 3.79. The number of phenols is 4. The molecule has 22 heavy (non-hydrogen) atoms. The number of aromatic hydroxyl groups is 4. The number of benzene rings is 2. The van der Waals surface area contributed by atoms with Crippen molar-refractivity contribution in [2.45, 2.75) is 12.8 Å². The van der Waals surface area contributed by atoms with Crippen molar-refractivity contribution in [1.82, 2.24) is 0 Å². The van der Waals surface area contributed by atoms with E-state index in [-0.39, 0.29) is 24.0 Å². The van der Waals surface area contributed by atoms with Crippen LogP contribution < -0.4 is 0 Å². The lowest BCUT2D eigenvalue weighted by Crippen LogP contribution is -2.22. The molecule has 110 valence electrons. The molecule has 0 fully saturated rings. The molecule has 4 N–H and O–H groups in total. The Balaban J connectivity index is 2.24. The Morgan fingerprint density at radius 3 is 1.36 bits per heavy atom. The van der Waals surface area contributed by atoms with Crippen molar-refractivity contribution in [3.8, 4) is 34.1 Å². The van der Waals surface area contributed by atoms with Gasteiger partial charge in [0.15, 0.2) is 34.6 Å². The van der Waals surface area contributed by atoms with Crippen LogP contribution in [-0.4, -0.2) is 32.0 Å². The van der Waals surface area contributed by atoms with Crippen LogP contribution in [-0.2, 0) is 12.8 Å². The highest BCUT2D eigenvalue weighted by Crippen LogP contribution is 2.51. The van der Waals surface area contributed by atoms with E-state index < -0.39 is 34.6 Å². The fraction of sp³-hybridized carbons (Fsp3) is 0.125. The number of ketones is 2. The molecule has 2 aromatic carbocycles. The molecule has 6 heteroatoms. The van der Waals surface area contributed by atoms with Gasteiger partial charge in [-0.05, 0) is 23.3 Å². The summed E-state index contributed by atoms with van der Waals surface area (Å²) in [4.78, 5) is 24.6. The lowest BCUT2D eigenvalue weighted by Gasteiger charge is -2.29. The van der Waals surface area contributed by atoms with Crippen LogP contribution in [0.1, 0.15) is 31.8 Å². The number of carbonyl (C=O) groups excluding carboxylic acids is 2. The van der Waals surface area contributed by atoms with E-state index in [1.165, 1.54) is 12.1 Å². The van der Waals surface area contributed by atoms with Crippen molar-refractivity contribution >= 4 is 11.6 Å². The van der Waals surface area contributed by atoms with Gasteiger partial charge in [-0.2, -0.15) is 0 Å². The highest BCUT2D eigenvalue weighted by molar-refractivity contribution is 6.19. The van der Waals surface area contributed by atoms with Crippen LogP contribution in [0.3, 0.4) is 0 Å². The van der Waals surface area contributed by atoms with Gasteiger partial charge in [-0.15, -0.1) is 0 Å². The summed E-state index contributed by atoms with van der Waals surface area (Å²) < 4.78 is 0. The number of rotatable bonds is 0. The summed E-state index contributed by atoms with van der Waals surface area (Å²) in [6, 6.07) is 2.50. The van der Waals surface area contributed by atoms with Gasteiger partial charge < -0.3 is 20.4 Å². The van der Waals surface area contributed by atoms with Crippen molar-refractivity contribution < 1.29 is 30.0 Å². The maximum Gasteiger partial charge on any atom is 0.171 e. The molecule has 0 saturated carbocycles. The van der Waals surface area contributed by atoms with E-state index in [0.717, 1.165) is 0 Å². The normalized spacial score (nSPS) is 14.9. The van der Waals surface area contributed by atoms with Crippen LogP contribution in [0.25, 0.3) is 11.1 Å². The Morgan fingerprint density at radius 1 is 0.636 bits per heavy atom. The Morgan fingerprint density at radius 2 is 1.00 bits per heavy atom. The van der Waals surface area contributed by atoms with E-state index in [0.29, 0.717) is 22.3 Å². The zero-order valence-corrected chi connectivity index (χ0v) is 11.2. The minimum atomic E-state index is -0.526. The third-order valence-corrected chi connectivity index (χ3v) is 4.23. The molecule has 0 amide bonds. The lowest BCUT2D eigenvalue weighted by atomic mass is 9.73. The molecule has 2 aliphatic carbocycles. The predicted molar refractivity (Wildman–Crippen MR) is 74.6 cm³/mol. The number of hydrogen-bond donors (Lipinski definition) is 4. The minimum Gasteiger partial charge on any atom is -0.504 e. The minimum absolute atomic E-state index is 0.0404. The molecule has 0 atom stereocenters. The highest BCUT2D eigenvalue weighted by Gasteiger charge is 2.38. The van der Waals surface area contributed by atoms with Gasteiger partial charge in [0.05, 0.1) is 11.1 Å². The van der Waals surface area contributed by atoms with Gasteiger partial charge >= 0.3 is 0 Å². The summed E-state index contributed by atoms with van der Waals surface area (Å²) in [7, 11) is 0. The molecule has 0 radical (unpaired) electrons. The topological polar surface area (TPSA) is 115 Å². The van der Waals surface area contributed by atoms with E-state index in [1.807, 2.05) is 0 Å². The largest absolute Gasteiger partial charge is 0.504 e. The summed E-state index contributed by atoms with van der Waals surface area (Å²) in [5, 5.41) is 39.5. The average molecular weight is 298 g/mol. The quantitative estimate of drug-likeness (QED) is 0.550. The molecular formula is C16H10O6. The van der Waals surface area contributed by atoms with E-state index in [4.69, 9.17) is 0 Å². The van der Waals surface area contributed by atoms with Gasteiger partial charge in [0.2, 0.25) is 0 Å². The van der Waals surface area contributed by atoms with Gasteiger partial charge in [0, 0.05) is 24.0 Å². The SMILES string of the molecule is O=C1Cc2cc(O)c(O)c3c2-c2c(cc(O)c(O)c21)CC3=O. The maximum absolute atomic E-state index is 12.3. The smallest absolute Gasteiger partial charge is 0.171 e. The summed E-state index contributed by atoms with van der Waals surface area (Å²) in [6.07, 6.45) is -0.264. The number of phenolic OH excluding ortho intramolecular Hbond substituents is 4. The third-order valence-electron chi connectivity index (χ3n) is 4.23. The molecule has 6 nitrogen and oxygen atoms in total. The van der Waals surface area contributed by atoms with Gasteiger partial charge in [-0.3, -0.25) is 9.59 Å². The molecule has 0 unspecified atom stereocenters. The van der Waals surface area contributed by atoms with E-state index in [9.17, 15) is 30.0 Å². The van der Waals surface area contributed by atoms with Gasteiger partial charge in [-0.25, -0.2) is 0 Å². The van der Waals surface area contributed by atoms with Crippen LogP contribution in [0, 0.1) is 0 Å². The van der Waals surface area contributed by atoms with E-state index >= 15 is 0 Å². The molecule has 2 aliphatic rings. The van der Waals surface area contributed by atoms with E-state index in [1.54, 1.807) is 0 Å². The fourth-order valence-corrected chi connectivity index (χ4v) is 3.34. The van der Waals surface area contributed by atoms with Crippen LogP contribution in [0.15, 0.2) is 12.1 Å². The predicted octanol–water partition coefficient (Wildman–Crippen LogP) is 1.65. The first kappa shape index (κ1) is 12.7. The van der Waals surface area contributed by atoms with Crippen molar-refractivity contribution in [3.63, 3.8) is 0 Å². The summed E-state index contributed by atoms with van der Waals surface area (Å²) in [6.45, 7) is 0. The number of carbonyl (C=O) groups is 2. The van der Waals surface area contributed by atoms with E-state index in [2.05, 4.69) is 0 Å². The van der Waals surface area contributed by atoms with Crippen LogP contribution >= 0.6 is 0 Å². The first-order chi connectivity index (χ1) is 10.4. The first-order valence-electron chi connectivity index (χ1n) is 6.62. The molecule has 0 bridgehead atoms. The van der Waals surface area contributed by atoms with Crippen molar-refractivity contribution in [3.05, 3.63) is 34.4 Å². The molecule has 2 aromatic rings. The Kier molecular flexibility index (Phi) is 2.19. The van der Waals surface area contributed by atoms with Gasteiger partial charge in [0.25, 0.3) is 0 Å². The third kappa shape index (κ3) is 1.34. The van der Waals surface area contributed by atoms with Gasteiger partial charge in [-0.1, -0.05) is 0 Å². The van der Waals surface area contributed by atoms with Crippen molar-refractivity contribution in [2.75, 3.05) is 0 Å². The summed E-state index contributed by atoms with van der Waals surface area (Å²) >= 11 is 0. The van der Waals surface area contributed by atoms with Gasteiger partial charge in [0.1, 0.15) is 0 Å². The van der Waals surface area contributed by atoms with Crippen LogP contribution in [0.4, 0.5) is 0 Å². The molecule has 0 spiro atoms. The zero-order chi connectivity index (χ0) is 15.8. The monoisotopic (exact) mass is 298 g/mol. The Bertz CT molecular complexity index is 834. The highest BCUT2D eigenvalue weighted by atomic mass is 16.3. The molecule has 4 rings (SSSR count). The maximum atomic E-state index is 12.3. The lowest BCUT2D eigenvalue weighted by molar-refractivity contribution is 0.0970. The van der Waals surface area contributed by atoms with Crippen LogP contribution in [0.2, 0.25) is 0 Å². The zero-order valence-electron chi connectivity index (χ0n) is 11.2.